The van der Waals surface area contributed by atoms with Crippen molar-refractivity contribution in [1.82, 2.24) is 0 Å². The van der Waals surface area contributed by atoms with Crippen molar-refractivity contribution in [2.75, 3.05) is 6.61 Å². The van der Waals surface area contributed by atoms with Crippen LogP contribution in [0.1, 0.15) is 59.4 Å². The molecule has 2 aromatic carbocycles. The number of aliphatic hydroxyl groups excluding tert-OH is 4. The van der Waals surface area contributed by atoms with Gasteiger partial charge in [0.15, 0.2) is 23.1 Å². The van der Waals surface area contributed by atoms with E-state index >= 15 is 0 Å². The van der Waals surface area contributed by atoms with E-state index in [9.17, 15) is 60.3 Å². The molecule has 0 spiro atoms. The Labute approximate surface area is 195 Å². The molecular formula is C22H19O13-. The van der Waals surface area contributed by atoms with Crippen LogP contribution in [0.5, 0.6) is 23.0 Å². The summed E-state index contributed by atoms with van der Waals surface area (Å²) >= 11 is 0. The Bertz CT molecular complexity index is 1300. The summed E-state index contributed by atoms with van der Waals surface area (Å²) in [7, 11) is 0. The molecule has 186 valence electrons. The lowest BCUT2D eigenvalue weighted by molar-refractivity contribution is -0.277. The number of aromatic carboxylic acids is 1. The van der Waals surface area contributed by atoms with Crippen LogP contribution in [0.3, 0.4) is 0 Å². The van der Waals surface area contributed by atoms with Crippen LogP contribution in [-0.4, -0.2) is 89.4 Å². The van der Waals surface area contributed by atoms with E-state index in [0.29, 0.717) is 6.07 Å². The molecule has 5 atom stereocenters. The predicted octanol–water partition coefficient (Wildman–Crippen LogP) is -1.83. The fourth-order valence-electron chi connectivity index (χ4n) is 4.56. The Morgan fingerprint density at radius 2 is 1.60 bits per heavy atom. The second-order valence-corrected chi connectivity index (χ2v) is 8.22. The SMILES string of the molecule is Cc1c(C(=O)O)c(O)cc2c1C(=O)c1c([O-])c([C@H]3O[C@H](CO)[C@@H](O)[C@H](O)[C@H]3O)c(O)c(O)c1C2=O. The van der Waals surface area contributed by atoms with Crippen LogP contribution in [0.15, 0.2) is 6.07 Å². The number of phenols is 3. The lowest BCUT2D eigenvalue weighted by Crippen LogP contribution is -2.55. The molecule has 13 nitrogen and oxygen atoms in total. The largest absolute Gasteiger partial charge is 0.872 e. The fourth-order valence-corrected chi connectivity index (χ4v) is 4.56. The lowest BCUT2D eigenvalue weighted by atomic mass is 9.77. The maximum Gasteiger partial charge on any atom is 0.339 e. The van der Waals surface area contributed by atoms with E-state index in [1.54, 1.807) is 0 Å². The topological polar surface area (TPSA) is 245 Å². The summed E-state index contributed by atoms with van der Waals surface area (Å²) in [6, 6.07) is 0.696. The van der Waals surface area contributed by atoms with Crippen molar-refractivity contribution in [3.63, 3.8) is 0 Å². The summed E-state index contributed by atoms with van der Waals surface area (Å²) in [5.41, 5.74) is -4.89. The van der Waals surface area contributed by atoms with Crippen LogP contribution >= 0.6 is 0 Å². The monoisotopic (exact) mass is 491 g/mol. The highest BCUT2D eigenvalue weighted by Gasteiger charge is 2.47. The minimum Gasteiger partial charge on any atom is -0.872 e. The van der Waals surface area contributed by atoms with E-state index in [4.69, 9.17) is 4.74 Å². The zero-order valence-corrected chi connectivity index (χ0v) is 17.8. The van der Waals surface area contributed by atoms with Crippen molar-refractivity contribution in [3.05, 3.63) is 45.0 Å². The highest BCUT2D eigenvalue weighted by atomic mass is 16.5. The van der Waals surface area contributed by atoms with Gasteiger partial charge in [-0.25, -0.2) is 4.79 Å². The number of carboxylic acid groups (broad SMARTS) is 1. The molecule has 4 rings (SSSR count). The number of ether oxygens (including phenoxy) is 1. The van der Waals surface area contributed by atoms with Crippen LogP contribution in [-0.2, 0) is 4.74 Å². The van der Waals surface area contributed by atoms with Gasteiger partial charge in [-0.2, -0.15) is 0 Å². The minimum atomic E-state index is -2.07. The van der Waals surface area contributed by atoms with Crippen molar-refractivity contribution in [2.24, 2.45) is 0 Å². The van der Waals surface area contributed by atoms with E-state index in [1.807, 2.05) is 0 Å². The third-order valence-corrected chi connectivity index (χ3v) is 6.31. The molecule has 13 heteroatoms. The quantitative estimate of drug-likeness (QED) is 0.188. The molecule has 0 amide bonds. The second kappa shape index (κ2) is 8.18. The summed E-state index contributed by atoms with van der Waals surface area (Å²) in [6.45, 7) is 0.250. The van der Waals surface area contributed by atoms with Crippen LogP contribution in [0.25, 0.3) is 0 Å². The van der Waals surface area contributed by atoms with Gasteiger partial charge in [-0.3, -0.25) is 9.59 Å². The van der Waals surface area contributed by atoms with Crippen molar-refractivity contribution in [1.29, 1.82) is 0 Å². The van der Waals surface area contributed by atoms with Crippen LogP contribution in [0.2, 0.25) is 0 Å². The number of aliphatic hydroxyl groups is 4. The number of hydrogen-bond donors (Lipinski definition) is 8. The van der Waals surface area contributed by atoms with Crippen molar-refractivity contribution in [3.8, 4) is 23.0 Å². The third kappa shape index (κ3) is 3.25. The first-order valence-electron chi connectivity index (χ1n) is 10.1. The van der Waals surface area contributed by atoms with Gasteiger partial charge in [-0.1, -0.05) is 5.75 Å². The number of rotatable bonds is 3. The van der Waals surface area contributed by atoms with Gasteiger partial charge in [0.2, 0.25) is 0 Å². The van der Waals surface area contributed by atoms with E-state index in [0.717, 1.165) is 6.92 Å². The van der Waals surface area contributed by atoms with E-state index in [-0.39, 0.29) is 5.56 Å². The van der Waals surface area contributed by atoms with Gasteiger partial charge in [0.1, 0.15) is 41.8 Å². The molecule has 2 aromatic rings. The van der Waals surface area contributed by atoms with Gasteiger partial charge in [-0.05, 0) is 18.6 Å². The molecule has 8 N–H and O–H groups in total. The Morgan fingerprint density at radius 1 is 0.971 bits per heavy atom. The Balaban J connectivity index is 1.99. The summed E-state index contributed by atoms with van der Waals surface area (Å²) in [6.07, 6.45) is -9.30. The van der Waals surface area contributed by atoms with Crippen molar-refractivity contribution >= 4 is 17.5 Å². The zero-order valence-electron chi connectivity index (χ0n) is 17.8. The molecule has 1 heterocycles. The Kier molecular flexibility index (Phi) is 5.70. The van der Waals surface area contributed by atoms with Crippen LogP contribution < -0.4 is 5.11 Å². The average Bonchev–Trinajstić information content (AvgIpc) is 2.79. The number of carboxylic acids is 1. The molecular weight excluding hydrogens is 472 g/mol. The number of hydrogen-bond acceptors (Lipinski definition) is 12. The first kappa shape index (κ1) is 24.4. The van der Waals surface area contributed by atoms with Crippen molar-refractivity contribution < 1.29 is 65.1 Å². The molecule has 1 fully saturated rings. The van der Waals surface area contributed by atoms with Gasteiger partial charge < -0.3 is 50.7 Å². The maximum absolute atomic E-state index is 13.4. The standard InChI is InChI=1S/C22H20O13/c1-4-8-5(2-6(24)9(4)22(33)34)13(25)10-11(15(8)27)16(28)12(18(30)17(10)29)21-20(32)19(31)14(26)7(3-23)35-21/h2,7,14,19-21,23-24,26,28-32H,3H2,1H3,(H,33,34)/p-1/t7-,14-,19+,20-,21-/m1/s1. The number of benzene rings is 2. The fraction of sp³-hybridized carbons (Fsp3) is 0.318. The molecule has 0 saturated carbocycles. The second-order valence-electron chi connectivity index (χ2n) is 8.22. The van der Waals surface area contributed by atoms with Gasteiger partial charge in [-0.15, -0.1) is 0 Å². The maximum atomic E-state index is 13.4. The molecule has 0 unspecified atom stereocenters. The first-order valence-corrected chi connectivity index (χ1v) is 10.1. The highest BCUT2D eigenvalue weighted by Crippen LogP contribution is 2.51. The molecule has 1 saturated heterocycles. The number of carbonyl (C=O) groups excluding carboxylic acids is 2. The smallest absolute Gasteiger partial charge is 0.339 e. The minimum absolute atomic E-state index is 0.335. The summed E-state index contributed by atoms with van der Waals surface area (Å²) in [4.78, 5) is 38.0. The molecule has 35 heavy (non-hydrogen) atoms. The number of ketones is 2. The molecule has 1 aliphatic carbocycles. The Morgan fingerprint density at radius 3 is 2.17 bits per heavy atom. The van der Waals surface area contributed by atoms with E-state index < -0.39 is 111 Å². The van der Waals surface area contributed by atoms with Gasteiger partial charge in [0.25, 0.3) is 0 Å². The highest BCUT2D eigenvalue weighted by molar-refractivity contribution is 6.31. The van der Waals surface area contributed by atoms with E-state index in [2.05, 4.69) is 0 Å². The lowest BCUT2D eigenvalue weighted by Gasteiger charge is -2.42. The zero-order chi connectivity index (χ0) is 26.1. The summed E-state index contributed by atoms with van der Waals surface area (Å²) in [5.74, 6) is -8.72. The molecule has 0 radical (unpaired) electrons. The number of aromatic hydroxyl groups is 3. The normalized spacial score (nSPS) is 25.8. The van der Waals surface area contributed by atoms with Gasteiger partial charge >= 0.3 is 5.97 Å². The first-order chi connectivity index (χ1) is 16.3. The van der Waals surface area contributed by atoms with Crippen LogP contribution in [0.4, 0.5) is 0 Å². The Hall–Kier alpha value is -3.75. The average molecular weight is 491 g/mol. The van der Waals surface area contributed by atoms with Gasteiger partial charge in [0, 0.05) is 22.3 Å². The third-order valence-electron chi connectivity index (χ3n) is 6.31. The van der Waals surface area contributed by atoms with E-state index in [1.165, 1.54) is 0 Å². The summed E-state index contributed by atoms with van der Waals surface area (Å²) in [5, 5.41) is 93.7. The molecule has 0 bridgehead atoms. The number of phenolic OH excluding ortho intramolecular Hbond substituents is 2. The number of carbonyl (C=O) groups is 3. The molecule has 0 aromatic heterocycles. The van der Waals surface area contributed by atoms with Crippen molar-refractivity contribution in [2.45, 2.75) is 37.4 Å². The van der Waals surface area contributed by atoms with Crippen LogP contribution in [0, 0.1) is 6.92 Å². The molecule has 1 aliphatic heterocycles. The summed E-state index contributed by atoms with van der Waals surface area (Å²) < 4.78 is 5.26. The molecule has 2 aliphatic rings. The predicted molar refractivity (Wildman–Crippen MR) is 109 cm³/mol. The number of fused-ring (bicyclic) bond motifs is 2. The van der Waals surface area contributed by atoms with Gasteiger partial charge in [0.05, 0.1) is 12.2 Å².